The number of hydrogen-bond acceptors (Lipinski definition) is 4. The van der Waals surface area contributed by atoms with Gasteiger partial charge in [0, 0.05) is 16.7 Å². The number of nitrogens with two attached hydrogens (primary N) is 1. The van der Waals surface area contributed by atoms with Crippen molar-refractivity contribution in [2.24, 2.45) is 10.9 Å². The van der Waals surface area contributed by atoms with Gasteiger partial charge < -0.3 is 10.9 Å². The van der Waals surface area contributed by atoms with E-state index >= 15 is 0 Å². The van der Waals surface area contributed by atoms with Crippen molar-refractivity contribution in [1.82, 2.24) is 4.98 Å². The molecule has 0 amide bonds. The molecule has 0 fully saturated rings. The first-order valence-corrected chi connectivity index (χ1v) is 6.26. The third kappa shape index (κ3) is 2.94. The summed E-state index contributed by atoms with van der Waals surface area (Å²) in [5.74, 6) is 0.0541. The fourth-order valence-corrected chi connectivity index (χ4v) is 2.41. The van der Waals surface area contributed by atoms with E-state index < -0.39 is 0 Å². The van der Waals surface area contributed by atoms with Gasteiger partial charge in [-0.3, -0.25) is 0 Å². The summed E-state index contributed by atoms with van der Waals surface area (Å²) in [5, 5.41) is 13.0. The third-order valence-electron chi connectivity index (χ3n) is 2.19. The van der Waals surface area contributed by atoms with Crippen LogP contribution in [0.4, 0.5) is 0 Å². The zero-order valence-electron chi connectivity index (χ0n) is 9.25. The van der Waals surface area contributed by atoms with Gasteiger partial charge in [-0.05, 0) is 24.3 Å². The van der Waals surface area contributed by atoms with E-state index in [1.165, 1.54) is 11.8 Å². The molecule has 0 atom stereocenters. The van der Waals surface area contributed by atoms with Crippen LogP contribution in [0.1, 0.15) is 5.56 Å². The number of pyridine rings is 1. The molecule has 0 aliphatic carbocycles. The first kappa shape index (κ1) is 12.7. The first-order valence-electron chi connectivity index (χ1n) is 5.07. The van der Waals surface area contributed by atoms with Gasteiger partial charge in [0.05, 0.1) is 5.02 Å². The molecule has 2 aromatic rings. The van der Waals surface area contributed by atoms with Crippen molar-refractivity contribution in [3.8, 4) is 0 Å². The second kappa shape index (κ2) is 5.75. The molecule has 1 aromatic heterocycles. The van der Waals surface area contributed by atoms with Crippen LogP contribution in [0.25, 0.3) is 0 Å². The highest BCUT2D eigenvalue weighted by molar-refractivity contribution is 7.99. The lowest BCUT2D eigenvalue weighted by molar-refractivity contribution is 0.318. The van der Waals surface area contributed by atoms with Crippen molar-refractivity contribution in [1.29, 1.82) is 0 Å². The third-order valence-corrected chi connectivity index (χ3v) is 3.64. The van der Waals surface area contributed by atoms with Crippen molar-refractivity contribution in [3.63, 3.8) is 0 Å². The Balaban J connectivity index is 2.28. The van der Waals surface area contributed by atoms with Gasteiger partial charge in [-0.2, -0.15) is 0 Å². The molecule has 1 heterocycles. The van der Waals surface area contributed by atoms with E-state index in [0.717, 1.165) is 9.92 Å². The molecule has 0 aliphatic heterocycles. The number of benzene rings is 1. The summed E-state index contributed by atoms with van der Waals surface area (Å²) in [5.41, 5.74) is 6.14. The molecule has 0 bridgehead atoms. The predicted octanol–water partition coefficient (Wildman–Crippen LogP) is 2.98. The van der Waals surface area contributed by atoms with Gasteiger partial charge in [-0.15, -0.1) is 0 Å². The monoisotopic (exact) mass is 279 g/mol. The average Bonchev–Trinajstić information content (AvgIpc) is 2.41. The van der Waals surface area contributed by atoms with E-state index in [1.54, 1.807) is 18.3 Å². The van der Waals surface area contributed by atoms with Gasteiger partial charge in [0.15, 0.2) is 5.84 Å². The molecule has 0 aliphatic rings. The fraction of sp³-hybridized carbons (Fsp3) is 0. The average molecular weight is 280 g/mol. The number of amidine groups is 1. The van der Waals surface area contributed by atoms with Gasteiger partial charge in [0.1, 0.15) is 5.03 Å². The maximum atomic E-state index is 8.63. The molecule has 6 heteroatoms. The molecule has 18 heavy (non-hydrogen) atoms. The largest absolute Gasteiger partial charge is 0.409 e. The number of rotatable bonds is 3. The molecule has 0 radical (unpaired) electrons. The summed E-state index contributed by atoms with van der Waals surface area (Å²) in [4.78, 5) is 5.11. The Morgan fingerprint density at radius 3 is 2.83 bits per heavy atom. The summed E-state index contributed by atoms with van der Waals surface area (Å²) < 4.78 is 0. The van der Waals surface area contributed by atoms with Crippen molar-refractivity contribution < 1.29 is 5.21 Å². The highest BCUT2D eigenvalue weighted by Crippen LogP contribution is 2.31. The van der Waals surface area contributed by atoms with E-state index in [1.807, 2.05) is 24.3 Å². The molecule has 1 aromatic carbocycles. The van der Waals surface area contributed by atoms with E-state index in [4.69, 9.17) is 22.5 Å². The Kier molecular flexibility index (Phi) is 4.07. The summed E-state index contributed by atoms with van der Waals surface area (Å²) in [7, 11) is 0. The van der Waals surface area contributed by atoms with Gasteiger partial charge in [-0.25, -0.2) is 4.98 Å². The Hall–Kier alpha value is -1.72. The predicted molar refractivity (Wildman–Crippen MR) is 72.3 cm³/mol. The second-order valence-electron chi connectivity index (χ2n) is 3.40. The van der Waals surface area contributed by atoms with Crippen LogP contribution in [0.15, 0.2) is 57.7 Å². The number of oxime groups is 1. The Labute approximate surface area is 113 Å². The molecule has 92 valence electrons. The van der Waals surface area contributed by atoms with Gasteiger partial charge in [0.25, 0.3) is 0 Å². The lowest BCUT2D eigenvalue weighted by Gasteiger charge is -2.04. The van der Waals surface area contributed by atoms with Crippen LogP contribution in [0.2, 0.25) is 5.02 Å². The van der Waals surface area contributed by atoms with Gasteiger partial charge in [0.2, 0.25) is 0 Å². The summed E-state index contributed by atoms with van der Waals surface area (Å²) in [6.07, 6.45) is 1.60. The SMILES string of the molecule is N/C(=N\O)c1ccnc(Sc2ccccc2Cl)c1. The lowest BCUT2D eigenvalue weighted by Crippen LogP contribution is -2.13. The summed E-state index contributed by atoms with van der Waals surface area (Å²) in [6.45, 7) is 0. The highest BCUT2D eigenvalue weighted by atomic mass is 35.5. The van der Waals surface area contributed by atoms with Crippen LogP contribution in [-0.2, 0) is 0 Å². The van der Waals surface area contributed by atoms with Crippen LogP contribution < -0.4 is 5.73 Å². The summed E-state index contributed by atoms with van der Waals surface area (Å²) >= 11 is 7.49. The van der Waals surface area contributed by atoms with E-state index in [-0.39, 0.29) is 5.84 Å². The second-order valence-corrected chi connectivity index (χ2v) is 4.87. The molecule has 0 saturated carbocycles. The minimum absolute atomic E-state index is 0.0541. The van der Waals surface area contributed by atoms with Gasteiger partial charge in [-0.1, -0.05) is 40.7 Å². The number of halogens is 1. The topological polar surface area (TPSA) is 71.5 Å². The Morgan fingerprint density at radius 1 is 1.33 bits per heavy atom. The standard InChI is InChI=1S/C12H10ClN3OS/c13-9-3-1-2-4-10(9)18-11-7-8(5-6-15-11)12(14)16-17/h1-7,17H,(H2,14,16). The van der Waals surface area contributed by atoms with E-state index in [2.05, 4.69) is 10.1 Å². The lowest BCUT2D eigenvalue weighted by atomic mass is 10.2. The maximum Gasteiger partial charge on any atom is 0.170 e. The van der Waals surface area contributed by atoms with E-state index in [9.17, 15) is 0 Å². The van der Waals surface area contributed by atoms with Crippen molar-refractivity contribution >= 4 is 29.2 Å². The maximum absolute atomic E-state index is 8.63. The van der Waals surface area contributed by atoms with Gasteiger partial charge >= 0.3 is 0 Å². The smallest absolute Gasteiger partial charge is 0.170 e. The molecule has 3 N–H and O–H groups in total. The highest BCUT2D eigenvalue weighted by Gasteiger charge is 2.05. The first-order chi connectivity index (χ1) is 8.70. The van der Waals surface area contributed by atoms with Crippen molar-refractivity contribution in [2.75, 3.05) is 0 Å². The van der Waals surface area contributed by atoms with Crippen LogP contribution in [0, 0.1) is 0 Å². The Morgan fingerprint density at radius 2 is 2.11 bits per heavy atom. The van der Waals surface area contributed by atoms with Crippen LogP contribution in [-0.4, -0.2) is 16.0 Å². The zero-order chi connectivity index (χ0) is 13.0. The van der Waals surface area contributed by atoms with Crippen molar-refractivity contribution in [2.45, 2.75) is 9.92 Å². The number of nitrogens with zero attached hydrogens (tertiary/aromatic N) is 2. The minimum Gasteiger partial charge on any atom is -0.409 e. The number of aromatic nitrogens is 1. The fourth-order valence-electron chi connectivity index (χ4n) is 1.32. The van der Waals surface area contributed by atoms with Crippen LogP contribution >= 0.6 is 23.4 Å². The molecule has 0 saturated heterocycles. The molecular weight excluding hydrogens is 270 g/mol. The van der Waals surface area contributed by atoms with E-state index in [0.29, 0.717) is 10.6 Å². The molecule has 2 rings (SSSR count). The Bertz CT molecular complexity index is 589. The van der Waals surface area contributed by atoms with Crippen LogP contribution in [0.5, 0.6) is 0 Å². The zero-order valence-corrected chi connectivity index (χ0v) is 10.8. The normalized spacial score (nSPS) is 11.5. The minimum atomic E-state index is 0.0541. The molecule has 0 unspecified atom stereocenters. The molecule has 0 spiro atoms. The summed E-state index contributed by atoms with van der Waals surface area (Å²) in [6, 6.07) is 10.9. The molecule has 4 nitrogen and oxygen atoms in total. The number of hydrogen-bond donors (Lipinski definition) is 2. The quantitative estimate of drug-likeness (QED) is 0.392. The van der Waals surface area contributed by atoms with Crippen LogP contribution in [0.3, 0.4) is 0 Å². The van der Waals surface area contributed by atoms with Crippen molar-refractivity contribution in [3.05, 3.63) is 53.2 Å². The molecular formula is C12H10ClN3OS.